The zero-order valence-corrected chi connectivity index (χ0v) is 12.1. The Morgan fingerprint density at radius 1 is 1.32 bits per heavy atom. The summed E-state index contributed by atoms with van der Waals surface area (Å²) in [6.07, 6.45) is 7.25. The highest BCUT2D eigenvalue weighted by molar-refractivity contribution is 8.00. The van der Waals surface area contributed by atoms with Crippen LogP contribution in [0.25, 0.3) is 0 Å². The van der Waals surface area contributed by atoms with Crippen LogP contribution in [-0.2, 0) is 6.42 Å². The quantitative estimate of drug-likeness (QED) is 0.862. The van der Waals surface area contributed by atoms with Gasteiger partial charge in [0.25, 0.3) is 0 Å². The van der Waals surface area contributed by atoms with Crippen LogP contribution in [0.2, 0.25) is 0 Å². The van der Waals surface area contributed by atoms with Crippen molar-refractivity contribution in [2.24, 2.45) is 0 Å². The third kappa shape index (κ3) is 2.53. The topological polar surface area (TPSA) is 37.3 Å². The molecule has 0 atom stereocenters. The highest BCUT2D eigenvalue weighted by atomic mass is 32.2. The van der Waals surface area contributed by atoms with Crippen molar-refractivity contribution in [3.05, 3.63) is 28.8 Å². The van der Waals surface area contributed by atoms with Gasteiger partial charge in [-0.2, -0.15) is 0 Å². The van der Waals surface area contributed by atoms with Gasteiger partial charge in [0.15, 0.2) is 0 Å². The van der Waals surface area contributed by atoms with Crippen LogP contribution in [0.5, 0.6) is 0 Å². The van der Waals surface area contributed by atoms with Crippen LogP contribution in [0, 0.1) is 0 Å². The molecule has 2 aliphatic carbocycles. The molecule has 3 heteroatoms. The Bertz CT molecular complexity index is 502. The van der Waals surface area contributed by atoms with Crippen LogP contribution in [-0.4, -0.2) is 16.3 Å². The second kappa shape index (κ2) is 5.20. The van der Waals surface area contributed by atoms with Gasteiger partial charge < -0.3 is 5.11 Å². The molecule has 2 fully saturated rings. The number of hydrogen-bond acceptors (Lipinski definition) is 2. The van der Waals surface area contributed by atoms with Crippen molar-refractivity contribution >= 4 is 17.7 Å². The highest BCUT2D eigenvalue weighted by Crippen LogP contribution is 2.48. The van der Waals surface area contributed by atoms with Gasteiger partial charge in [0.05, 0.1) is 5.56 Å². The molecule has 0 aromatic heterocycles. The number of carboxylic acid groups (broad SMARTS) is 1. The minimum Gasteiger partial charge on any atom is -0.478 e. The first-order valence-corrected chi connectivity index (χ1v) is 8.14. The smallest absolute Gasteiger partial charge is 0.336 e. The van der Waals surface area contributed by atoms with E-state index in [0.717, 1.165) is 17.2 Å². The molecule has 2 saturated carbocycles. The lowest BCUT2D eigenvalue weighted by Crippen LogP contribution is -2.13. The van der Waals surface area contributed by atoms with Crippen LogP contribution < -0.4 is 0 Å². The summed E-state index contributed by atoms with van der Waals surface area (Å²) in [5.41, 5.74) is 2.99. The lowest BCUT2D eigenvalue weighted by Gasteiger charge is -2.29. The summed E-state index contributed by atoms with van der Waals surface area (Å²) in [6, 6.07) is 3.91. The van der Waals surface area contributed by atoms with Crippen LogP contribution >= 0.6 is 11.8 Å². The molecule has 0 spiro atoms. The van der Waals surface area contributed by atoms with Crippen molar-refractivity contribution in [1.29, 1.82) is 0 Å². The van der Waals surface area contributed by atoms with Crippen molar-refractivity contribution in [2.75, 3.05) is 0 Å². The second-order valence-electron chi connectivity index (χ2n) is 5.61. The average Bonchev–Trinajstić information content (AvgIpc) is 3.12. The normalized spacial score (nSPS) is 19.2. The van der Waals surface area contributed by atoms with Gasteiger partial charge in [-0.05, 0) is 55.2 Å². The van der Waals surface area contributed by atoms with Crippen molar-refractivity contribution in [1.82, 2.24) is 0 Å². The van der Waals surface area contributed by atoms with E-state index in [0.29, 0.717) is 11.5 Å². The van der Waals surface area contributed by atoms with Gasteiger partial charge in [-0.1, -0.05) is 19.4 Å². The summed E-state index contributed by atoms with van der Waals surface area (Å²) in [4.78, 5) is 12.7. The van der Waals surface area contributed by atoms with Crippen LogP contribution in [0.3, 0.4) is 0 Å². The van der Waals surface area contributed by atoms with Crippen LogP contribution in [0.15, 0.2) is 17.0 Å². The number of hydrogen-bond donors (Lipinski definition) is 1. The number of carboxylic acids is 1. The highest BCUT2D eigenvalue weighted by Gasteiger charge is 2.30. The van der Waals surface area contributed by atoms with E-state index < -0.39 is 5.97 Å². The zero-order chi connectivity index (χ0) is 13.4. The average molecular weight is 276 g/mol. The molecule has 102 valence electrons. The van der Waals surface area contributed by atoms with E-state index in [4.69, 9.17) is 0 Å². The lowest BCUT2D eigenvalue weighted by molar-refractivity contribution is 0.0695. The van der Waals surface area contributed by atoms with Crippen molar-refractivity contribution < 1.29 is 9.90 Å². The van der Waals surface area contributed by atoms with E-state index in [1.807, 2.05) is 17.8 Å². The summed E-state index contributed by atoms with van der Waals surface area (Å²) < 4.78 is 0. The number of carbonyl (C=O) groups is 1. The number of benzene rings is 1. The molecular weight excluding hydrogens is 256 g/mol. The Kier molecular flexibility index (Phi) is 3.57. The van der Waals surface area contributed by atoms with Gasteiger partial charge in [-0.25, -0.2) is 4.79 Å². The SMILES string of the molecule is CCc1c(C(=O)O)ccc(C2CCC2)c1SC1CC1. The molecule has 0 radical (unpaired) electrons. The first-order valence-electron chi connectivity index (χ1n) is 7.26. The molecule has 0 saturated heterocycles. The van der Waals surface area contributed by atoms with Crippen LogP contribution in [0.4, 0.5) is 0 Å². The largest absolute Gasteiger partial charge is 0.478 e. The Hall–Kier alpha value is -0.960. The molecule has 0 amide bonds. The first kappa shape index (κ1) is 13.0. The number of thioether (sulfide) groups is 1. The molecule has 0 aliphatic heterocycles. The molecule has 0 unspecified atom stereocenters. The Balaban J connectivity index is 2.05. The molecule has 1 aromatic rings. The summed E-state index contributed by atoms with van der Waals surface area (Å²) in [7, 11) is 0. The summed E-state index contributed by atoms with van der Waals surface area (Å²) in [5, 5.41) is 10.1. The Morgan fingerprint density at radius 3 is 2.53 bits per heavy atom. The standard InChI is InChI=1S/C16H20O2S/c1-2-12-14(16(17)18)9-8-13(10-4-3-5-10)15(12)19-11-6-7-11/h8-11H,2-7H2,1H3,(H,17,18). The number of aromatic carboxylic acids is 1. The van der Waals surface area contributed by atoms with Gasteiger partial charge in [-0.15, -0.1) is 11.8 Å². The maximum absolute atomic E-state index is 11.4. The molecule has 1 N–H and O–H groups in total. The molecule has 2 nitrogen and oxygen atoms in total. The fourth-order valence-electron chi connectivity index (χ4n) is 2.73. The molecule has 0 bridgehead atoms. The fraction of sp³-hybridized carbons (Fsp3) is 0.562. The lowest BCUT2D eigenvalue weighted by atomic mass is 9.79. The van der Waals surface area contributed by atoms with Gasteiger partial charge in [0.2, 0.25) is 0 Å². The van der Waals surface area contributed by atoms with E-state index in [9.17, 15) is 9.90 Å². The minimum atomic E-state index is -0.783. The van der Waals surface area contributed by atoms with Gasteiger partial charge in [0.1, 0.15) is 0 Å². The van der Waals surface area contributed by atoms with E-state index in [-0.39, 0.29) is 0 Å². The summed E-state index contributed by atoms with van der Waals surface area (Å²) in [5.74, 6) is -0.107. The summed E-state index contributed by atoms with van der Waals surface area (Å²) in [6.45, 7) is 2.07. The summed E-state index contributed by atoms with van der Waals surface area (Å²) >= 11 is 1.93. The Labute approximate surface area is 118 Å². The molecule has 19 heavy (non-hydrogen) atoms. The Morgan fingerprint density at radius 2 is 2.05 bits per heavy atom. The fourth-order valence-corrected chi connectivity index (χ4v) is 4.20. The second-order valence-corrected chi connectivity index (χ2v) is 6.92. The van der Waals surface area contributed by atoms with E-state index >= 15 is 0 Å². The third-order valence-electron chi connectivity index (χ3n) is 4.23. The minimum absolute atomic E-state index is 0.508. The predicted octanol–water partition coefficient (Wildman–Crippen LogP) is 4.47. The molecule has 3 rings (SSSR count). The predicted molar refractivity (Wildman–Crippen MR) is 78.3 cm³/mol. The molecule has 2 aliphatic rings. The monoisotopic (exact) mass is 276 g/mol. The van der Waals surface area contributed by atoms with Gasteiger partial charge in [-0.3, -0.25) is 0 Å². The van der Waals surface area contributed by atoms with E-state index in [1.54, 1.807) is 0 Å². The maximum Gasteiger partial charge on any atom is 0.336 e. The molecular formula is C16H20O2S. The zero-order valence-electron chi connectivity index (χ0n) is 11.3. The van der Waals surface area contributed by atoms with Crippen molar-refractivity contribution in [3.8, 4) is 0 Å². The third-order valence-corrected chi connectivity index (χ3v) is 5.75. The van der Waals surface area contributed by atoms with Crippen LogP contribution in [0.1, 0.15) is 66.4 Å². The van der Waals surface area contributed by atoms with E-state index in [2.05, 4.69) is 13.0 Å². The molecule has 1 aromatic carbocycles. The molecule has 0 heterocycles. The number of rotatable bonds is 5. The van der Waals surface area contributed by atoms with Gasteiger partial charge in [0, 0.05) is 10.1 Å². The van der Waals surface area contributed by atoms with Crippen molar-refractivity contribution in [3.63, 3.8) is 0 Å². The van der Waals surface area contributed by atoms with Gasteiger partial charge >= 0.3 is 5.97 Å². The maximum atomic E-state index is 11.4. The van der Waals surface area contributed by atoms with E-state index in [1.165, 1.54) is 42.6 Å². The van der Waals surface area contributed by atoms with Crippen molar-refractivity contribution in [2.45, 2.75) is 61.5 Å². The first-order chi connectivity index (χ1) is 9.20.